The molecule has 0 aliphatic heterocycles. The maximum atomic E-state index is 14.3. The highest BCUT2D eigenvalue weighted by molar-refractivity contribution is 5.78. The fourth-order valence-corrected chi connectivity index (χ4v) is 9.28. The molecular weight excluding hydrogens is 793 g/mol. The first-order chi connectivity index (χ1) is 31.4. The lowest BCUT2D eigenvalue weighted by Crippen LogP contribution is -2.38. The van der Waals surface area contributed by atoms with Crippen molar-refractivity contribution in [3.8, 4) is 0 Å². The highest BCUT2D eigenvalue weighted by Gasteiger charge is 2.24. The SMILES string of the molecule is CCCCCCCCCN(CCCNC)C(=O)C(CCCCCCCC(=O)OC(CCCCCC)CCCCCC)CCCCCCCC(=O)OC(CCCCCC)CCCCCC. The Bertz CT molecular complexity index is 926. The van der Waals surface area contributed by atoms with Gasteiger partial charge in [0, 0.05) is 31.8 Å². The number of hydrogen-bond acceptors (Lipinski definition) is 6. The van der Waals surface area contributed by atoms with E-state index < -0.39 is 0 Å². The molecule has 64 heavy (non-hydrogen) atoms. The van der Waals surface area contributed by atoms with Crippen molar-refractivity contribution < 1.29 is 23.9 Å². The Morgan fingerprint density at radius 3 is 1.05 bits per heavy atom. The van der Waals surface area contributed by atoms with E-state index in [-0.39, 0.29) is 30.1 Å². The van der Waals surface area contributed by atoms with Crippen LogP contribution in [0.25, 0.3) is 0 Å². The molecule has 0 radical (unpaired) electrons. The van der Waals surface area contributed by atoms with Crippen molar-refractivity contribution >= 4 is 17.8 Å². The van der Waals surface area contributed by atoms with Gasteiger partial charge in [-0.2, -0.15) is 0 Å². The quantitative estimate of drug-likeness (QED) is 0.0483. The summed E-state index contributed by atoms with van der Waals surface area (Å²) in [6.07, 6.45) is 47.1. The maximum absolute atomic E-state index is 14.3. The number of carbonyl (C=O) groups excluding carboxylic acids is 3. The van der Waals surface area contributed by atoms with E-state index >= 15 is 0 Å². The lowest BCUT2D eigenvalue weighted by molar-refractivity contribution is -0.151. The maximum Gasteiger partial charge on any atom is 0.306 e. The van der Waals surface area contributed by atoms with Crippen LogP contribution in [0.1, 0.15) is 304 Å². The van der Waals surface area contributed by atoms with Crippen LogP contribution in [0.5, 0.6) is 0 Å². The molecule has 380 valence electrons. The highest BCUT2D eigenvalue weighted by Crippen LogP contribution is 2.24. The van der Waals surface area contributed by atoms with Crippen LogP contribution in [0.4, 0.5) is 0 Å². The number of nitrogens with zero attached hydrogens (tertiary/aromatic N) is 1. The van der Waals surface area contributed by atoms with Gasteiger partial charge >= 0.3 is 11.9 Å². The fourth-order valence-electron chi connectivity index (χ4n) is 9.28. The summed E-state index contributed by atoms with van der Waals surface area (Å²) in [6.45, 7) is 13.9. The molecule has 0 saturated carbocycles. The van der Waals surface area contributed by atoms with E-state index in [0.29, 0.717) is 18.7 Å². The van der Waals surface area contributed by atoms with Crippen molar-refractivity contribution in [2.24, 2.45) is 5.92 Å². The van der Waals surface area contributed by atoms with Crippen molar-refractivity contribution in [3.63, 3.8) is 0 Å². The van der Waals surface area contributed by atoms with Gasteiger partial charge in [-0.3, -0.25) is 14.4 Å². The number of nitrogens with one attached hydrogen (secondary N) is 1. The summed E-state index contributed by atoms with van der Waals surface area (Å²) >= 11 is 0. The average Bonchev–Trinajstić information content (AvgIpc) is 3.29. The standard InChI is InChI=1S/C57H112N2O5/c1-7-12-17-22-23-30-39-50-59(51-40-49-58-6)57(62)52(41-31-26-24-28-37-47-55(60)63-53(43-33-18-13-8-2)44-34-19-14-9-3)42-32-27-25-29-38-48-56(61)64-54(45-35-20-15-10-4)46-36-21-16-11-5/h52-54,58H,7-51H2,1-6H3. The Morgan fingerprint density at radius 2 is 0.672 bits per heavy atom. The second-order valence-electron chi connectivity index (χ2n) is 19.8. The molecule has 0 bridgehead atoms. The lowest BCUT2D eigenvalue weighted by atomic mass is 9.92. The van der Waals surface area contributed by atoms with Crippen molar-refractivity contribution in [1.82, 2.24) is 10.2 Å². The van der Waals surface area contributed by atoms with Crippen LogP contribution in [0, 0.1) is 5.92 Å². The largest absolute Gasteiger partial charge is 0.462 e. The third-order valence-electron chi connectivity index (χ3n) is 13.5. The second-order valence-corrected chi connectivity index (χ2v) is 19.8. The van der Waals surface area contributed by atoms with Gasteiger partial charge in [0.2, 0.25) is 5.91 Å². The molecule has 0 aromatic rings. The Balaban J connectivity index is 5.10. The monoisotopic (exact) mass is 905 g/mol. The summed E-state index contributed by atoms with van der Waals surface area (Å²) in [7, 11) is 2.00. The minimum atomic E-state index is -0.00382. The highest BCUT2D eigenvalue weighted by atomic mass is 16.5. The minimum absolute atomic E-state index is 0.00382. The van der Waals surface area contributed by atoms with Gasteiger partial charge in [-0.05, 0) is 103 Å². The molecule has 1 N–H and O–H groups in total. The fraction of sp³-hybridized carbons (Fsp3) is 0.947. The third kappa shape index (κ3) is 40.6. The Kier molecular flexibility index (Phi) is 48.0. The molecule has 0 heterocycles. The van der Waals surface area contributed by atoms with Crippen LogP contribution in [0.2, 0.25) is 0 Å². The molecule has 7 heteroatoms. The van der Waals surface area contributed by atoms with Gasteiger partial charge in [0.05, 0.1) is 0 Å². The lowest BCUT2D eigenvalue weighted by Gasteiger charge is -2.28. The Hall–Kier alpha value is -1.63. The summed E-state index contributed by atoms with van der Waals surface area (Å²) in [5.41, 5.74) is 0. The van der Waals surface area contributed by atoms with Crippen LogP contribution in [-0.4, -0.2) is 61.6 Å². The van der Waals surface area contributed by atoms with E-state index in [4.69, 9.17) is 9.47 Å². The van der Waals surface area contributed by atoms with Gasteiger partial charge in [-0.25, -0.2) is 0 Å². The number of carbonyl (C=O) groups is 3. The van der Waals surface area contributed by atoms with Crippen molar-refractivity contribution in [3.05, 3.63) is 0 Å². The molecule has 0 aromatic heterocycles. The molecule has 1 amide bonds. The van der Waals surface area contributed by atoms with Gasteiger partial charge in [-0.1, -0.05) is 202 Å². The zero-order valence-corrected chi connectivity index (χ0v) is 44.0. The van der Waals surface area contributed by atoms with Gasteiger partial charge in [-0.15, -0.1) is 0 Å². The Morgan fingerprint density at radius 1 is 0.375 bits per heavy atom. The first kappa shape index (κ1) is 62.4. The molecule has 0 unspecified atom stereocenters. The predicted octanol–water partition coefficient (Wildman–Crippen LogP) is 17.0. The van der Waals surface area contributed by atoms with Crippen molar-refractivity contribution in [2.45, 2.75) is 317 Å². The number of ether oxygens (including phenoxy) is 2. The smallest absolute Gasteiger partial charge is 0.306 e. The zero-order chi connectivity index (χ0) is 47.0. The van der Waals surface area contributed by atoms with Gasteiger partial charge in [0.1, 0.15) is 12.2 Å². The van der Waals surface area contributed by atoms with Crippen LogP contribution >= 0.6 is 0 Å². The zero-order valence-electron chi connectivity index (χ0n) is 44.0. The number of rotatable bonds is 51. The molecule has 0 saturated heterocycles. The normalized spacial score (nSPS) is 11.6. The summed E-state index contributed by atoms with van der Waals surface area (Å²) < 4.78 is 12.1. The van der Waals surface area contributed by atoms with E-state index in [0.717, 1.165) is 161 Å². The minimum Gasteiger partial charge on any atom is -0.462 e. The van der Waals surface area contributed by atoms with Gasteiger partial charge in [0.15, 0.2) is 0 Å². The predicted molar refractivity (Wildman–Crippen MR) is 276 cm³/mol. The van der Waals surface area contributed by atoms with E-state index in [9.17, 15) is 14.4 Å². The van der Waals surface area contributed by atoms with E-state index in [1.807, 2.05) is 7.05 Å². The van der Waals surface area contributed by atoms with E-state index in [1.165, 1.54) is 116 Å². The molecule has 0 aliphatic rings. The van der Waals surface area contributed by atoms with Gasteiger partial charge < -0.3 is 19.7 Å². The summed E-state index contributed by atoms with van der Waals surface area (Å²) in [4.78, 5) is 42.2. The molecule has 0 aromatic carbocycles. The van der Waals surface area contributed by atoms with E-state index in [1.54, 1.807) is 0 Å². The van der Waals surface area contributed by atoms with Crippen LogP contribution in [-0.2, 0) is 23.9 Å². The van der Waals surface area contributed by atoms with Gasteiger partial charge in [0.25, 0.3) is 0 Å². The number of unbranched alkanes of at least 4 members (excludes halogenated alkanes) is 26. The molecule has 0 atom stereocenters. The molecule has 0 rings (SSSR count). The summed E-state index contributed by atoms with van der Waals surface area (Å²) in [6, 6.07) is 0. The average molecular weight is 906 g/mol. The number of amides is 1. The molecule has 7 nitrogen and oxygen atoms in total. The molecular formula is C57H112N2O5. The first-order valence-electron chi connectivity index (χ1n) is 28.7. The summed E-state index contributed by atoms with van der Waals surface area (Å²) in [5, 5.41) is 3.29. The van der Waals surface area contributed by atoms with E-state index in [2.05, 4.69) is 44.8 Å². The number of hydrogen-bond donors (Lipinski definition) is 1. The first-order valence-corrected chi connectivity index (χ1v) is 28.7. The second kappa shape index (κ2) is 49.3. The molecule has 0 aliphatic carbocycles. The van der Waals surface area contributed by atoms with Crippen molar-refractivity contribution in [1.29, 1.82) is 0 Å². The van der Waals surface area contributed by atoms with Crippen LogP contribution in [0.3, 0.4) is 0 Å². The number of esters is 2. The third-order valence-corrected chi connectivity index (χ3v) is 13.5. The van der Waals surface area contributed by atoms with Crippen molar-refractivity contribution in [2.75, 3.05) is 26.7 Å². The van der Waals surface area contributed by atoms with Crippen LogP contribution in [0.15, 0.2) is 0 Å². The molecule has 0 spiro atoms. The van der Waals surface area contributed by atoms with Crippen LogP contribution < -0.4 is 5.32 Å². The Labute approximate surface area is 399 Å². The molecule has 0 fully saturated rings. The topological polar surface area (TPSA) is 84.9 Å². The summed E-state index contributed by atoms with van der Waals surface area (Å²) in [5.74, 6) is 0.458.